The maximum Gasteiger partial charge on any atom is 0.242 e. The van der Waals surface area contributed by atoms with E-state index in [1.165, 1.54) is 32.4 Å². The number of anilines is 1. The van der Waals surface area contributed by atoms with E-state index in [-0.39, 0.29) is 29.3 Å². The lowest BCUT2D eigenvalue weighted by atomic mass is 10.2. The van der Waals surface area contributed by atoms with Crippen molar-refractivity contribution in [3.05, 3.63) is 47.5 Å². The average Bonchev–Trinajstić information content (AvgIpc) is 2.99. The number of benzene rings is 2. The van der Waals surface area contributed by atoms with E-state index < -0.39 is 26.0 Å². The topological polar surface area (TPSA) is 119 Å². The summed E-state index contributed by atoms with van der Waals surface area (Å²) in [6.45, 7) is 1.57. The molecule has 3 rings (SSSR count). The summed E-state index contributed by atoms with van der Waals surface area (Å²) in [4.78, 5) is 11.9. The number of hydrogen-bond acceptors (Lipinski definition) is 7. The van der Waals surface area contributed by atoms with Crippen molar-refractivity contribution < 1.29 is 31.1 Å². The Morgan fingerprint density at radius 3 is 2.37 bits per heavy atom. The zero-order valence-electron chi connectivity index (χ0n) is 16.7. The first-order valence-electron chi connectivity index (χ1n) is 8.96. The summed E-state index contributed by atoms with van der Waals surface area (Å²) in [5.74, 6) is 0.106. The van der Waals surface area contributed by atoms with E-state index in [0.717, 1.165) is 0 Å². The Morgan fingerprint density at radius 1 is 1.07 bits per heavy atom. The predicted octanol–water partition coefficient (Wildman–Crippen LogP) is 1.56. The molecule has 0 radical (unpaired) electrons. The van der Waals surface area contributed by atoms with Crippen LogP contribution in [-0.2, 0) is 31.4 Å². The maximum atomic E-state index is 12.9. The molecule has 162 valence electrons. The van der Waals surface area contributed by atoms with Crippen molar-refractivity contribution in [3.63, 3.8) is 0 Å². The average molecular weight is 455 g/mol. The summed E-state index contributed by atoms with van der Waals surface area (Å²) in [7, 11) is -4.80. The van der Waals surface area contributed by atoms with Crippen LogP contribution in [0.15, 0.2) is 41.3 Å². The highest BCUT2D eigenvalue weighted by molar-refractivity contribution is 7.94. The minimum Gasteiger partial charge on any atom is -0.493 e. The molecule has 1 N–H and O–H groups in total. The van der Waals surface area contributed by atoms with Crippen molar-refractivity contribution in [2.45, 2.75) is 24.8 Å². The standard InChI is InChI=1S/C19H22N2O7S2/c1-13-4-6-15(21-19(22)8-9-29(21,23)24)11-18(13)30(25,26)20-12-14-5-7-16(27-2)17(10-14)28-3/h4-7,10-11,20H,8-9,12H2,1-3H3. The van der Waals surface area contributed by atoms with Crippen LogP contribution in [-0.4, -0.2) is 42.7 Å². The molecule has 2 aromatic carbocycles. The molecule has 11 heteroatoms. The summed E-state index contributed by atoms with van der Waals surface area (Å²) in [5.41, 5.74) is 1.07. The van der Waals surface area contributed by atoms with Crippen molar-refractivity contribution in [1.29, 1.82) is 0 Å². The lowest BCUT2D eigenvalue weighted by Gasteiger charge is -2.17. The molecule has 1 amide bonds. The van der Waals surface area contributed by atoms with E-state index in [1.807, 2.05) is 0 Å². The smallest absolute Gasteiger partial charge is 0.242 e. The molecule has 1 heterocycles. The van der Waals surface area contributed by atoms with Crippen LogP contribution < -0.4 is 18.5 Å². The Kier molecular flexibility index (Phi) is 6.06. The minimum absolute atomic E-state index is 0.00888. The Labute approximate surface area is 175 Å². The van der Waals surface area contributed by atoms with Crippen LogP contribution in [0.25, 0.3) is 0 Å². The van der Waals surface area contributed by atoms with Gasteiger partial charge in [0.15, 0.2) is 11.5 Å². The van der Waals surface area contributed by atoms with Gasteiger partial charge in [0.25, 0.3) is 0 Å². The third-order valence-electron chi connectivity index (χ3n) is 4.69. The Bertz CT molecular complexity index is 1190. The van der Waals surface area contributed by atoms with Crippen LogP contribution in [0, 0.1) is 6.92 Å². The highest BCUT2D eigenvalue weighted by Crippen LogP contribution is 2.30. The Hall–Kier alpha value is -2.63. The highest BCUT2D eigenvalue weighted by Gasteiger charge is 2.37. The molecular formula is C19H22N2O7S2. The van der Waals surface area contributed by atoms with Crippen LogP contribution in [0.1, 0.15) is 17.5 Å². The molecule has 1 aliphatic rings. The largest absolute Gasteiger partial charge is 0.493 e. The zero-order valence-corrected chi connectivity index (χ0v) is 18.3. The van der Waals surface area contributed by atoms with Crippen LogP contribution in [0.4, 0.5) is 5.69 Å². The third-order valence-corrected chi connectivity index (χ3v) is 7.92. The molecule has 0 atom stereocenters. The molecule has 0 aliphatic carbocycles. The number of amides is 1. The van der Waals surface area contributed by atoms with Gasteiger partial charge in [-0.3, -0.25) is 4.79 Å². The van der Waals surface area contributed by atoms with Crippen molar-refractivity contribution in [2.75, 3.05) is 24.3 Å². The van der Waals surface area contributed by atoms with Crippen LogP contribution in [0.2, 0.25) is 0 Å². The van der Waals surface area contributed by atoms with E-state index in [4.69, 9.17) is 9.47 Å². The molecule has 1 aliphatic heterocycles. The fraction of sp³-hybridized carbons (Fsp3) is 0.316. The van der Waals surface area contributed by atoms with Crippen molar-refractivity contribution in [2.24, 2.45) is 0 Å². The number of carbonyl (C=O) groups excluding carboxylic acids is 1. The fourth-order valence-corrected chi connectivity index (χ4v) is 5.85. The predicted molar refractivity (Wildman–Crippen MR) is 111 cm³/mol. The molecule has 0 saturated carbocycles. The summed E-state index contributed by atoms with van der Waals surface area (Å²) in [6.07, 6.45) is -0.129. The van der Waals surface area contributed by atoms with Gasteiger partial charge in [-0.2, -0.15) is 0 Å². The number of hydrogen-bond donors (Lipinski definition) is 1. The summed E-state index contributed by atoms with van der Waals surface area (Å²) in [6, 6.07) is 9.11. The molecule has 0 aromatic heterocycles. The monoisotopic (exact) mass is 454 g/mol. The molecule has 9 nitrogen and oxygen atoms in total. The second-order valence-corrected chi connectivity index (χ2v) is 10.4. The number of methoxy groups -OCH3 is 2. The minimum atomic E-state index is -3.99. The van der Waals surface area contributed by atoms with Gasteiger partial charge < -0.3 is 9.47 Å². The first-order valence-corrected chi connectivity index (χ1v) is 12.1. The SMILES string of the molecule is COc1ccc(CNS(=O)(=O)c2cc(N3C(=O)CCS3(=O)=O)ccc2C)cc1OC. The van der Waals surface area contributed by atoms with E-state index >= 15 is 0 Å². The lowest BCUT2D eigenvalue weighted by Crippen LogP contribution is -2.30. The maximum absolute atomic E-state index is 12.9. The van der Waals surface area contributed by atoms with Gasteiger partial charge in [0, 0.05) is 13.0 Å². The number of nitrogens with zero attached hydrogens (tertiary/aromatic N) is 1. The van der Waals surface area contributed by atoms with Crippen LogP contribution >= 0.6 is 0 Å². The Morgan fingerprint density at radius 2 is 1.77 bits per heavy atom. The molecule has 1 fully saturated rings. The van der Waals surface area contributed by atoms with Crippen LogP contribution in [0.3, 0.4) is 0 Å². The van der Waals surface area contributed by atoms with Gasteiger partial charge in [-0.25, -0.2) is 25.9 Å². The molecule has 0 bridgehead atoms. The second kappa shape index (κ2) is 8.25. The number of nitrogens with one attached hydrogen (secondary N) is 1. The molecular weight excluding hydrogens is 432 g/mol. The van der Waals surface area contributed by atoms with E-state index in [0.29, 0.717) is 26.9 Å². The normalized spacial score (nSPS) is 16.0. The number of ether oxygens (including phenoxy) is 2. The van der Waals surface area contributed by atoms with E-state index in [2.05, 4.69) is 4.72 Å². The van der Waals surface area contributed by atoms with Crippen molar-refractivity contribution in [3.8, 4) is 11.5 Å². The second-order valence-electron chi connectivity index (χ2n) is 6.69. The van der Waals surface area contributed by atoms with Gasteiger partial charge in [0.1, 0.15) is 0 Å². The summed E-state index contributed by atoms with van der Waals surface area (Å²) < 4.78 is 63.7. The van der Waals surface area contributed by atoms with E-state index in [9.17, 15) is 21.6 Å². The highest BCUT2D eigenvalue weighted by atomic mass is 32.2. The quantitative estimate of drug-likeness (QED) is 0.674. The zero-order chi connectivity index (χ0) is 22.1. The molecule has 0 spiro atoms. The number of aryl methyl sites for hydroxylation is 1. The first kappa shape index (κ1) is 22.1. The molecule has 1 saturated heterocycles. The summed E-state index contributed by atoms with van der Waals surface area (Å²) >= 11 is 0. The Balaban J connectivity index is 1.89. The molecule has 2 aromatic rings. The molecule has 0 unspecified atom stereocenters. The number of rotatable bonds is 7. The van der Waals surface area contributed by atoms with Crippen molar-refractivity contribution in [1.82, 2.24) is 4.72 Å². The molecule has 30 heavy (non-hydrogen) atoms. The van der Waals surface area contributed by atoms with Gasteiger partial charge in [-0.1, -0.05) is 12.1 Å². The van der Waals surface area contributed by atoms with Gasteiger partial charge in [-0.05, 0) is 42.3 Å². The van der Waals surface area contributed by atoms with E-state index in [1.54, 1.807) is 25.1 Å². The summed E-state index contributed by atoms with van der Waals surface area (Å²) in [5, 5.41) is 0. The van der Waals surface area contributed by atoms with Gasteiger partial charge in [0.2, 0.25) is 26.0 Å². The fourth-order valence-electron chi connectivity index (χ4n) is 3.12. The third kappa shape index (κ3) is 4.27. The van der Waals surface area contributed by atoms with Gasteiger partial charge >= 0.3 is 0 Å². The first-order chi connectivity index (χ1) is 14.1. The van der Waals surface area contributed by atoms with Gasteiger partial charge in [-0.15, -0.1) is 0 Å². The lowest BCUT2D eigenvalue weighted by molar-refractivity contribution is -0.116. The van der Waals surface area contributed by atoms with Gasteiger partial charge in [0.05, 0.1) is 30.6 Å². The van der Waals surface area contributed by atoms with Crippen molar-refractivity contribution >= 4 is 31.6 Å². The number of sulfonamides is 2. The van der Waals surface area contributed by atoms with Crippen LogP contribution in [0.5, 0.6) is 11.5 Å². The number of carbonyl (C=O) groups is 1.